The Morgan fingerprint density at radius 3 is 2.59 bits per heavy atom. The van der Waals surface area contributed by atoms with Gasteiger partial charge < -0.3 is 15.2 Å². The normalized spacial score (nSPS) is 29.9. The summed E-state index contributed by atoms with van der Waals surface area (Å²) in [5.41, 5.74) is 1.36. The topological polar surface area (TPSA) is 90.9 Å². The number of imide groups is 1. The molecular formula is C21H28FN3O4. The van der Waals surface area contributed by atoms with E-state index >= 15 is 0 Å². The molecule has 3 N–H and O–H groups in total. The van der Waals surface area contributed by atoms with Crippen molar-refractivity contribution in [3.63, 3.8) is 0 Å². The number of aliphatic hydroxyl groups is 1. The minimum atomic E-state index is -0.852. The molecule has 8 heteroatoms. The first-order chi connectivity index (χ1) is 13.8. The Bertz CT molecular complexity index is 835. The fourth-order valence-corrected chi connectivity index (χ4v) is 5.25. The molecule has 0 aromatic heterocycles. The first-order valence-corrected chi connectivity index (χ1v) is 10.1. The van der Waals surface area contributed by atoms with Crippen LogP contribution in [0.2, 0.25) is 0 Å². The van der Waals surface area contributed by atoms with E-state index in [-0.39, 0.29) is 36.4 Å². The quantitative estimate of drug-likeness (QED) is 0.650. The third kappa shape index (κ3) is 3.23. The molecule has 7 nitrogen and oxygen atoms in total. The van der Waals surface area contributed by atoms with Crippen molar-refractivity contribution in [3.8, 4) is 0 Å². The molecule has 3 amide bonds. The standard InChI is InChI=1S/C21H28FN3O4/c1-13(11-26)9-25-10-14-8-17(22)15(12-29-2)7-16(14)21(25)5-3-20(4-6-21)18(27)23-19(28)24-20/h7-8,13,26H,3-6,9-12H2,1-2H3,(H2,23,24,27,28)/t13-,20?,21?/m1/s1. The van der Waals surface area contributed by atoms with Gasteiger partial charge >= 0.3 is 6.03 Å². The van der Waals surface area contributed by atoms with Gasteiger partial charge in [-0.2, -0.15) is 0 Å². The summed E-state index contributed by atoms with van der Waals surface area (Å²) in [5, 5.41) is 14.8. The number of aliphatic hydroxyl groups excluding tert-OH is 1. The van der Waals surface area contributed by atoms with E-state index in [0.717, 1.165) is 11.1 Å². The highest BCUT2D eigenvalue weighted by molar-refractivity contribution is 6.07. The second-order valence-electron chi connectivity index (χ2n) is 8.72. The summed E-state index contributed by atoms with van der Waals surface area (Å²) in [6, 6.07) is 3.07. The van der Waals surface area contributed by atoms with E-state index < -0.39 is 11.6 Å². The molecule has 1 aliphatic carbocycles. The Balaban J connectivity index is 1.70. The zero-order valence-electron chi connectivity index (χ0n) is 16.9. The number of rotatable bonds is 5. The van der Waals surface area contributed by atoms with Gasteiger partial charge in [0.25, 0.3) is 5.91 Å². The number of nitrogens with one attached hydrogen (secondary N) is 2. The number of urea groups is 1. The van der Waals surface area contributed by atoms with Gasteiger partial charge in [-0.15, -0.1) is 0 Å². The van der Waals surface area contributed by atoms with Crippen molar-refractivity contribution in [1.29, 1.82) is 0 Å². The summed E-state index contributed by atoms with van der Waals surface area (Å²) in [6.45, 7) is 3.55. The van der Waals surface area contributed by atoms with Gasteiger partial charge in [-0.1, -0.05) is 6.92 Å². The van der Waals surface area contributed by atoms with Crippen LogP contribution in [-0.4, -0.2) is 47.7 Å². The third-order valence-corrected chi connectivity index (χ3v) is 6.83. The molecule has 2 aliphatic heterocycles. The molecule has 1 saturated carbocycles. The van der Waals surface area contributed by atoms with Crippen LogP contribution in [-0.2, 0) is 28.2 Å². The molecule has 2 spiro atoms. The number of hydrogen-bond donors (Lipinski definition) is 3. The molecule has 1 aromatic carbocycles. The smallest absolute Gasteiger partial charge is 0.322 e. The maximum Gasteiger partial charge on any atom is 0.322 e. The Hall–Kier alpha value is -2.03. The van der Waals surface area contributed by atoms with Gasteiger partial charge in [0, 0.05) is 37.9 Å². The highest BCUT2D eigenvalue weighted by Gasteiger charge is 2.55. The molecule has 0 radical (unpaired) electrons. The fourth-order valence-electron chi connectivity index (χ4n) is 5.25. The Morgan fingerprint density at radius 2 is 2.00 bits per heavy atom. The van der Waals surface area contributed by atoms with Crippen LogP contribution in [0.25, 0.3) is 0 Å². The molecule has 4 rings (SSSR count). The highest BCUT2D eigenvalue weighted by Crippen LogP contribution is 2.52. The van der Waals surface area contributed by atoms with Crippen molar-refractivity contribution in [1.82, 2.24) is 15.5 Å². The summed E-state index contributed by atoms with van der Waals surface area (Å²) in [4.78, 5) is 26.4. The lowest BCUT2D eigenvalue weighted by atomic mass is 9.69. The lowest BCUT2D eigenvalue weighted by molar-refractivity contribution is -0.126. The molecular weight excluding hydrogens is 377 g/mol. The van der Waals surface area contributed by atoms with Crippen LogP contribution < -0.4 is 10.6 Å². The number of methoxy groups -OCH3 is 1. The maximum atomic E-state index is 14.5. The average molecular weight is 405 g/mol. The van der Waals surface area contributed by atoms with Gasteiger partial charge in [0.05, 0.1) is 6.61 Å². The van der Waals surface area contributed by atoms with Gasteiger partial charge in [-0.3, -0.25) is 15.0 Å². The van der Waals surface area contributed by atoms with Gasteiger partial charge in [-0.05, 0) is 54.9 Å². The van der Waals surface area contributed by atoms with Gasteiger partial charge in [0.1, 0.15) is 11.4 Å². The minimum Gasteiger partial charge on any atom is -0.396 e. The highest BCUT2D eigenvalue weighted by atomic mass is 19.1. The van der Waals surface area contributed by atoms with E-state index in [9.17, 15) is 19.1 Å². The van der Waals surface area contributed by atoms with E-state index in [1.54, 1.807) is 13.2 Å². The molecule has 2 heterocycles. The van der Waals surface area contributed by atoms with Crippen molar-refractivity contribution < 1.29 is 23.8 Å². The molecule has 2 fully saturated rings. The Morgan fingerprint density at radius 1 is 1.28 bits per heavy atom. The minimum absolute atomic E-state index is 0.0780. The zero-order chi connectivity index (χ0) is 20.8. The second kappa shape index (κ2) is 7.34. The summed E-state index contributed by atoms with van der Waals surface area (Å²) < 4.78 is 19.7. The van der Waals surface area contributed by atoms with Crippen LogP contribution in [0.4, 0.5) is 9.18 Å². The van der Waals surface area contributed by atoms with E-state index in [4.69, 9.17) is 4.74 Å². The van der Waals surface area contributed by atoms with Gasteiger partial charge in [-0.25, -0.2) is 9.18 Å². The summed E-state index contributed by atoms with van der Waals surface area (Å²) in [5.74, 6) is -0.451. The monoisotopic (exact) mass is 405 g/mol. The molecule has 1 saturated heterocycles. The number of nitrogens with zero attached hydrogens (tertiary/aromatic N) is 1. The van der Waals surface area contributed by atoms with Crippen molar-refractivity contribution >= 4 is 11.9 Å². The number of fused-ring (bicyclic) bond motifs is 2. The number of halogens is 1. The second-order valence-corrected chi connectivity index (χ2v) is 8.72. The molecule has 1 aromatic rings. The zero-order valence-corrected chi connectivity index (χ0v) is 16.9. The predicted octanol–water partition coefficient (Wildman–Crippen LogP) is 1.76. The molecule has 158 valence electrons. The number of carbonyl (C=O) groups is 2. The van der Waals surface area contributed by atoms with Crippen molar-refractivity contribution in [3.05, 3.63) is 34.6 Å². The number of amides is 3. The summed E-state index contributed by atoms with van der Waals surface area (Å²) >= 11 is 0. The van der Waals surface area contributed by atoms with E-state index in [1.165, 1.54) is 0 Å². The first kappa shape index (κ1) is 20.3. The van der Waals surface area contributed by atoms with Gasteiger partial charge in [0.2, 0.25) is 0 Å². The average Bonchev–Trinajstić information content (AvgIpc) is 3.12. The number of ether oxygens (including phenoxy) is 1. The Labute approximate surface area is 169 Å². The molecule has 29 heavy (non-hydrogen) atoms. The van der Waals surface area contributed by atoms with Crippen LogP contribution in [0.15, 0.2) is 12.1 Å². The van der Waals surface area contributed by atoms with Crippen molar-refractivity contribution in [2.45, 2.75) is 56.8 Å². The molecule has 0 unspecified atom stereocenters. The lowest BCUT2D eigenvalue weighted by Gasteiger charge is -2.47. The maximum absolute atomic E-state index is 14.5. The number of benzene rings is 1. The van der Waals surface area contributed by atoms with Crippen LogP contribution in [0.1, 0.15) is 49.3 Å². The van der Waals surface area contributed by atoms with E-state index in [2.05, 4.69) is 15.5 Å². The van der Waals surface area contributed by atoms with Crippen molar-refractivity contribution in [2.24, 2.45) is 5.92 Å². The SMILES string of the molecule is COCc1cc2c(cc1F)CN(C[C@@H](C)CO)C21CCC2(CC1)NC(=O)NC2=O. The van der Waals surface area contributed by atoms with Crippen LogP contribution in [0, 0.1) is 11.7 Å². The summed E-state index contributed by atoms with van der Waals surface area (Å²) in [6.07, 6.45) is 2.38. The van der Waals surface area contributed by atoms with E-state index in [0.29, 0.717) is 44.3 Å². The molecule has 1 atom stereocenters. The van der Waals surface area contributed by atoms with Crippen molar-refractivity contribution in [2.75, 3.05) is 20.3 Å². The molecule has 3 aliphatic rings. The number of hydrogen-bond acceptors (Lipinski definition) is 5. The van der Waals surface area contributed by atoms with Gasteiger partial charge in [0.15, 0.2) is 0 Å². The van der Waals surface area contributed by atoms with Crippen LogP contribution in [0.3, 0.4) is 0 Å². The lowest BCUT2D eigenvalue weighted by Crippen LogP contribution is -2.55. The largest absolute Gasteiger partial charge is 0.396 e. The number of carbonyl (C=O) groups excluding carboxylic acids is 2. The van der Waals surface area contributed by atoms with E-state index in [1.807, 2.05) is 13.0 Å². The fraction of sp³-hybridized carbons (Fsp3) is 0.619. The first-order valence-electron chi connectivity index (χ1n) is 10.1. The van der Waals surface area contributed by atoms with Crippen LogP contribution in [0.5, 0.6) is 0 Å². The van der Waals surface area contributed by atoms with Crippen LogP contribution >= 0.6 is 0 Å². The summed E-state index contributed by atoms with van der Waals surface area (Å²) in [7, 11) is 1.55. The Kier molecular flexibility index (Phi) is 5.13. The third-order valence-electron chi connectivity index (χ3n) is 6.83. The molecule has 0 bridgehead atoms. The predicted molar refractivity (Wildman–Crippen MR) is 103 cm³/mol.